The number of nitrogens with one attached hydrogen (secondary N) is 1. The van der Waals surface area contributed by atoms with Crippen LogP contribution in [0.25, 0.3) is 11.0 Å². The molecule has 0 spiro atoms. The summed E-state index contributed by atoms with van der Waals surface area (Å²) in [6.45, 7) is 3.97. The average Bonchev–Trinajstić information content (AvgIpc) is 2.88. The quantitative estimate of drug-likeness (QED) is 0.431. The van der Waals surface area contributed by atoms with Gasteiger partial charge in [0.2, 0.25) is 0 Å². The molecule has 0 bridgehead atoms. The molecule has 0 unspecified atom stereocenters. The number of carbonyl (C=O) groups is 1. The first kappa shape index (κ1) is 26.7. The third-order valence-electron chi connectivity index (χ3n) is 7.06. The zero-order valence-corrected chi connectivity index (χ0v) is 20.9. The van der Waals surface area contributed by atoms with Gasteiger partial charge in [0.05, 0.1) is 22.6 Å². The van der Waals surface area contributed by atoms with Gasteiger partial charge in [0, 0.05) is 36.3 Å². The summed E-state index contributed by atoms with van der Waals surface area (Å²) in [6.07, 6.45) is 1.16. The van der Waals surface area contributed by atoms with Crippen LogP contribution in [-0.4, -0.2) is 50.6 Å². The van der Waals surface area contributed by atoms with Gasteiger partial charge in [-0.15, -0.1) is 0 Å². The molecule has 1 fully saturated rings. The zero-order valence-electron chi connectivity index (χ0n) is 20.9. The lowest BCUT2D eigenvalue weighted by Gasteiger charge is -2.38. The molecule has 0 radical (unpaired) electrons. The lowest BCUT2D eigenvalue weighted by atomic mass is 9.83. The van der Waals surface area contributed by atoms with Gasteiger partial charge in [0.15, 0.2) is 12.3 Å². The maximum Gasteiger partial charge on any atom is 0.275 e. The monoisotopic (exact) mass is 519 g/mol. The van der Waals surface area contributed by atoms with E-state index >= 15 is 4.39 Å². The van der Waals surface area contributed by atoms with Crippen molar-refractivity contribution in [2.75, 3.05) is 25.1 Å². The molecule has 1 aliphatic heterocycles. The van der Waals surface area contributed by atoms with Gasteiger partial charge in [-0.05, 0) is 32.8 Å². The van der Waals surface area contributed by atoms with Crippen LogP contribution in [0.1, 0.15) is 61.5 Å². The van der Waals surface area contributed by atoms with Crippen molar-refractivity contribution in [1.82, 2.24) is 19.9 Å². The summed E-state index contributed by atoms with van der Waals surface area (Å²) in [5.74, 6) is -4.59. The molecule has 1 atom stereocenters. The summed E-state index contributed by atoms with van der Waals surface area (Å²) in [5, 5.41) is 15.0. The number of nitrogens with zero attached hydrogens (tertiary/aromatic N) is 4. The number of carbonyl (C=O) groups excluding carboxylic acids is 1. The van der Waals surface area contributed by atoms with Crippen molar-refractivity contribution < 1.29 is 27.5 Å². The Morgan fingerprint density at radius 2 is 1.97 bits per heavy atom. The molecule has 1 saturated heterocycles. The Hall–Kier alpha value is -3.34. The number of aromatic nitrogens is 3. The molecular weight excluding hydrogens is 490 g/mol. The van der Waals surface area contributed by atoms with Crippen molar-refractivity contribution in [2.45, 2.75) is 57.6 Å². The minimum Gasteiger partial charge on any atom is -0.385 e. The van der Waals surface area contributed by atoms with Crippen molar-refractivity contribution in [3.8, 4) is 0 Å². The summed E-state index contributed by atoms with van der Waals surface area (Å²) < 4.78 is 56.4. The summed E-state index contributed by atoms with van der Waals surface area (Å²) in [7, 11) is 0. The molecule has 1 amide bonds. The third kappa shape index (κ3) is 5.09. The molecule has 2 aromatic heterocycles. The van der Waals surface area contributed by atoms with Crippen molar-refractivity contribution in [1.29, 1.82) is 0 Å². The Kier molecular flexibility index (Phi) is 7.36. The number of amides is 1. The first-order valence-corrected chi connectivity index (χ1v) is 12.1. The van der Waals surface area contributed by atoms with Gasteiger partial charge in [-0.25, -0.2) is 32.5 Å². The Bertz CT molecular complexity index is 1310. The normalized spacial score (nSPS) is 16.6. The van der Waals surface area contributed by atoms with Crippen LogP contribution < -0.4 is 5.32 Å². The Morgan fingerprint density at radius 3 is 2.62 bits per heavy atom. The van der Waals surface area contributed by atoms with Crippen LogP contribution in [0.2, 0.25) is 0 Å². The number of aliphatic hydroxyl groups is 1. The number of anilines is 1. The molecule has 7 nitrogen and oxygen atoms in total. The highest BCUT2D eigenvalue weighted by Crippen LogP contribution is 2.38. The van der Waals surface area contributed by atoms with E-state index in [0.717, 1.165) is 6.07 Å². The minimum atomic E-state index is -3.29. The summed E-state index contributed by atoms with van der Waals surface area (Å²) in [5.41, 5.74) is -0.503. The first-order valence-electron chi connectivity index (χ1n) is 12.1. The van der Waals surface area contributed by atoms with E-state index < -0.39 is 47.9 Å². The Labute approximate surface area is 211 Å². The van der Waals surface area contributed by atoms with Crippen LogP contribution in [-0.2, 0) is 16.3 Å². The van der Waals surface area contributed by atoms with Crippen molar-refractivity contribution >= 4 is 22.8 Å². The molecule has 1 aromatic carbocycles. The second-order valence-electron chi connectivity index (χ2n) is 9.39. The molecule has 1 aliphatic rings. The van der Waals surface area contributed by atoms with E-state index in [1.807, 2.05) is 0 Å². The highest BCUT2D eigenvalue weighted by atomic mass is 19.3. The topological polar surface area (TPSA) is 91.2 Å². The summed E-state index contributed by atoms with van der Waals surface area (Å²) in [4.78, 5) is 26.1. The number of fused-ring (bicyclic) bond motifs is 1. The van der Waals surface area contributed by atoms with Gasteiger partial charge in [-0.3, -0.25) is 4.79 Å². The molecule has 198 valence electrons. The molecule has 0 saturated carbocycles. The predicted molar refractivity (Wildman–Crippen MR) is 130 cm³/mol. The van der Waals surface area contributed by atoms with Crippen molar-refractivity contribution in [2.24, 2.45) is 0 Å². The lowest BCUT2D eigenvalue weighted by molar-refractivity contribution is -0.136. The van der Waals surface area contributed by atoms with Crippen LogP contribution >= 0.6 is 0 Å². The number of hydrogen-bond donors (Lipinski definition) is 2. The molecule has 3 heterocycles. The van der Waals surface area contributed by atoms with Crippen molar-refractivity contribution in [3.05, 3.63) is 58.8 Å². The average molecular weight is 520 g/mol. The SMILES string of the molecule is CCC(F)(F)c1cccc([C@@H](C)Nc2ncnc3nc(C)c(C4(O)CCN(C(=O)CF)CC4)cc23)c1F. The first-order chi connectivity index (χ1) is 17.5. The molecule has 0 aliphatic carbocycles. The minimum absolute atomic E-state index is 0.0567. The van der Waals surface area contributed by atoms with Crippen LogP contribution in [0.5, 0.6) is 0 Å². The van der Waals surface area contributed by atoms with Crippen LogP contribution in [0.3, 0.4) is 0 Å². The van der Waals surface area contributed by atoms with E-state index in [1.54, 1.807) is 19.9 Å². The van der Waals surface area contributed by atoms with E-state index in [-0.39, 0.29) is 31.5 Å². The predicted octanol–water partition coefficient (Wildman–Crippen LogP) is 4.93. The van der Waals surface area contributed by atoms with E-state index in [0.29, 0.717) is 28.1 Å². The van der Waals surface area contributed by atoms with Gasteiger partial charge >= 0.3 is 0 Å². The maximum absolute atomic E-state index is 15.1. The second-order valence-corrected chi connectivity index (χ2v) is 9.39. The van der Waals surface area contributed by atoms with E-state index in [4.69, 9.17) is 0 Å². The number of rotatable bonds is 7. The number of pyridine rings is 1. The maximum atomic E-state index is 15.1. The molecule has 4 rings (SSSR count). The number of aryl methyl sites for hydroxylation is 1. The largest absolute Gasteiger partial charge is 0.385 e. The fourth-order valence-electron chi connectivity index (χ4n) is 4.78. The molecule has 3 aromatic rings. The molecule has 37 heavy (non-hydrogen) atoms. The van der Waals surface area contributed by atoms with Crippen LogP contribution in [0.4, 0.5) is 23.4 Å². The molecule has 11 heteroatoms. The van der Waals surface area contributed by atoms with Gasteiger partial charge in [0.1, 0.15) is 18.0 Å². The third-order valence-corrected chi connectivity index (χ3v) is 7.06. The Balaban J connectivity index is 1.67. The number of piperidine rings is 1. The fourth-order valence-corrected chi connectivity index (χ4v) is 4.78. The number of benzene rings is 1. The lowest BCUT2D eigenvalue weighted by Crippen LogP contribution is -2.46. The summed E-state index contributed by atoms with van der Waals surface area (Å²) >= 11 is 0. The molecular formula is C26H29F4N5O2. The highest BCUT2D eigenvalue weighted by molar-refractivity contribution is 5.87. The number of likely N-dealkylation sites (tertiary alicyclic amines) is 1. The molecule has 2 N–H and O–H groups in total. The van der Waals surface area contributed by atoms with Crippen LogP contribution in [0.15, 0.2) is 30.6 Å². The Morgan fingerprint density at radius 1 is 1.27 bits per heavy atom. The van der Waals surface area contributed by atoms with Gasteiger partial charge in [-0.2, -0.15) is 0 Å². The second kappa shape index (κ2) is 10.2. The fraction of sp³-hybridized carbons (Fsp3) is 0.462. The number of halogens is 4. The van der Waals surface area contributed by atoms with E-state index in [2.05, 4.69) is 20.3 Å². The van der Waals surface area contributed by atoms with E-state index in [1.165, 1.54) is 30.3 Å². The number of alkyl halides is 3. The van der Waals surface area contributed by atoms with Gasteiger partial charge in [0.25, 0.3) is 11.8 Å². The smallest absolute Gasteiger partial charge is 0.275 e. The number of hydrogen-bond acceptors (Lipinski definition) is 6. The van der Waals surface area contributed by atoms with Crippen molar-refractivity contribution in [3.63, 3.8) is 0 Å². The van der Waals surface area contributed by atoms with Gasteiger partial charge < -0.3 is 15.3 Å². The summed E-state index contributed by atoms with van der Waals surface area (Å²) in [6, 6.07) is 4.90. The van der Waals surface area contributed by atoms with Gasteiger partial charge in [-0.1, -0.05) is 25.1 Å². The highest BCUT2D eigenvalue weighted by Gasteiger charge is 2.37. The standard InChI is InChI=1S/C26H29F4N5O2/c1-4-26(29,30)19-7-5-6-17(22(19)28)15(2)33-23-18-12-20(16(3)34-24(18)32-14-31-23)25(37)8-10-35(11-9-25)21(36)13-27/h5-7,12,14-15,37H,4,8-11,13H2,1-3H3,(H,31,32,33,34)/t15-/m1/s1. The van der Waals surface area contributed by atoms with E-state index in [9.17, 15) is 23.1 Å². The van der Waals surface area contributed by atoms with Crippen LogP contribution in [0, 0.1) is 12.7 Å². The zero-order chi connectivity index (χ0) is 27.0.